The van der Waals surface area contributed by atoms with Gasteiger partial charge in [-0.2, -0.15) is 5.10 Å². The van der Waals surface area contributed by atoms with Crippen molar-refractivity contribution < 1.29 is 9.21 Å². The summed E-state index contributed by atoms with van der Waals surface area (Å²) in [4.78, 5) is 18.2. The van der Waals surface area contributed by atoms with E-state index in [4.69, 9.17) is 32.6 Å². The van der Waals surface area contributed by atoms with Crippen LogP contribution in [0.5, 0.6) is 0 Å². The highest BCUT2D eigenvalue weighted by atomic mass is 35.5. The number of aromatic nitrogens is 3. The Morgan fingerprint density at radius 1 is 0.824 bits per heavy atom. The van der Waals surface area contributed by atoms with Gasteiger partial charge in [-0.1, -0.05) is 65.7 Å². The second-order valence-electron chi connectivity index (χ2n) is 7.79. The zero-order valence-electron chi connectivity index (χ0n) is 17.6. The molecule has 3 aromatic carbocycles. The number of nitrogens with zero attached hydrogens (tertiary/aromatic N) is 3. The van der Waals surface area contributed by atoms with Crippen LogP contribution in [0.4, 0.5) is 0 Å². The molecule has 0 aliphatic rings. The molecular weight excluding hydrogens is 469 g/mol. The summed E-state index contributed by atoms with van der Waals surface area (Å²) >= 11 is 12.3. The largest absolute Gasteiger partial charge is 0.452 e. The van der Waals surface area contributed by atoms with Crippen LogP contribution in [0.2, 0.25) is 10.0 Å². The van der Waals surface area contributed by atoms with Crippen molar-refractivity contribution in [1.82, 2.24) is 14.6 Å². The summed E-state index contributed by atoms with van der Waals surface area (Å²) in [5.41, 5.74) is 4.62. The topological polar surface area (TPSA) is 60.4 Å². The van der Waals surface area contributed by atoms with Crippen molar-refractivity contribution in [1.29, 1.82) is 0 Å². The maximum Gasteiger partial charge on any atom is 0.228 e. The molecule has 6 aromatic rings. The van der Waals surface area contributed by atoms with Crippen molar-refractivity contribution in [3.05, 3.63) is 112 Å². The zero-order chi connectivity index (χ0) is 23.2. The van der Waals surface area contributed by atoms with Gasteiger partial charge in [-0.25, -0.2) is 9.50 Å². The van der Waals surface area contributed by atoms with Crippen molar-refractivity contribution >= 4 is 45.6 Å². The summed E-state index contributed by atoms with van der Waals surface area (Å²) in [7, 11) is 0. The van der Waals surface area contributed by atoms with E-state index in [1.54, 1.807) is 34.8 Å². The lowest BCUT2D eigenvalue weighted by Gasteiger charge is -2.04. The van der Waals surface area contributed by atoms with Crippen LogP contribution in [0.25, 0.3) is 39.1 Å². The van der Waals surface area contributed by atoms with E-state index in [1.807, 2.05) is 60.8 Å². The summed E-state index contributed by atoms with van der Waals surface area (Å²) in [6.45, 7) is 0. The standard InChI is InChI=1S/C27H15Cl2N3O2/c28-18-8-6-16(7-9-18)22-15-24-30-21(12-13-32(24)31-22)25-20-14-19(29)10-11-23(20)34-27(25)26(33)17-4-2-1-3-5-17/h1-15H. The van der Waals surface area contributed by atoms with E-state index >= 15 is 0 Å². The third kappa shape index (κ3) is 3.55. The Kier molecular flexibility index (Phi) is 4.94. The Morgan fingerprint density at radius 3 is 2.38 bits per heavy atom. The number of carbonyl (C=O) groups excluding carboxylic acids is 1. The number of hydrogen-bond acceptors (Lipinski definition) is 4. The first-order valence-electron chi connectivity index (χ1n) is 10.5. The van der Waals surface area contributed by atoms with E-state index in [1.165, 1.54) is 0 Å². The van der Waals surface area contributed by atoms with Gasteiger partial charge in [-0.3, -0.25) is 4.79 Å². The number of ketones is 1. The minimum absolute atomic E-state index is 0.220. The molecule has 6 rings (SSSR count). The first-order valence-corrected chi connectivity index (χ1v) is 11.3. The van der Waals surface area contributed by atoms with Gasteiger partial charge in [0.1, 0.15) is 5.58 Å². The third-order valence-electron chi connectivity index (χ3n) is 5.61. The fraction of sp³-hybridized carbons (Fsp3) is 0. The van der Waals surface area contributed by atoms with Gasteiger partial charge in [-0.05, 0) is 36.4 Å². The quantitative estimate of drug-likeness (QED) is 0.246. The highest BCUT2D eigenvalue weighted by molar-refractivity contribution is 6.31. The molecular formula is C27H15Cl2N3O2. The molecule has 0 bridgehead atoms. The molecule has 3 heterocycles. The Labute approximate surface area is 204 Å². The second-order valence-corrected chi connectivity index (χ2v) is 8.67. The highest BCUT2D eigenvalue weighted by Crippen LogP contribution is 2.37. The predicted molar refractivity (Wildman–Crippen MR) is 134 cm³/mol. The zero-order valence-corrected chi connectivity index (χ0v) is 19.1. The molecule has 164 valence electrons. The minimum atomic E-state index is -0.222. The molecule has 5 nitrogen and oxygen atoms in total. The summed E-state index contributed by atoms with van der Waals surface area (Å²) < 4.78 is 7.74. The van der Waals surface area contributed by atoms with Gasteiger partial charge in [0.15, 0.2) is 11.4 Å². The number of carbonyl (C=O) groups is 1. The van der Waals surface area contributed by atoms with E-state index in [0.29, 0.717) is 38.1 Å². The first-order chi connectivity index (χ1) is 16.6. The van der Waals surface area contributed by atoms with E-state index < -0.39 is 0 Å². The number of rotatable bonds is 4. The summed E-state index contributed by atoms with van der Waals surface area (Å²) in [6, 6.07) is 25.5. The smallest absolute Gasteiger partial charge is 0.228 e. The summed E-state index contributed by atoms with van der Waals surface area (Å²) in [5.74, 6) is -0.00212. The summed E-state index contributed by atoms with van der Waals surface area (Å²) in [6.07, 6.45) is 1.82. The number of furan rings is 1. The van der Waals surface area contributed by atoms with E-state index in [0.717, 1.165) is 16.6 Å². The molecule has 0 atom stereocenters. The number of hydrogen-bond donors (Lipinski definition) is 0. The van der Waals surface area contributed by atoms with E-state index in [-0.39, 0.29) is 11.5 Å². The molecule has 0 fully saturated rings. The van der Waals surface area contributed by atoms with Gasteiger partial charge in [0.2, 0.25) is 5.78 Å². The Balaban J connectivity index is 1.53. The maximum absolute atomic E-state index is 13.4. The van der Waals surface area contributed by atoms with Gasteiger partial charge >= 0.3 is 0 Å². The Morgan fingerprint density at radius 2 is 1.59 bits per heavy atom. The van der Waals surface area contributed by atoms with E-state index in [2.05, 4.69) is 5.10 Å². The van der Waals surface area contributed by atoms with Crippen LogP contribution in [0.1, 0.15) is 16.1 Å². The fourth-order valence-electron chi connectivity index (χ4n) is 3.99. The monoisotopic (exact) mass is 483 g/mol. The lowest BCUT2D eigenvalue weighted by molar-refractivity contribution is 0.101. The molecule has 7 heteroatoms. The van der Waals surface area contributed by atoms with Crippen LogP contribution in [0.3, 0.4) is 0 Å². The fourth-order valence-corrected chi connectivity index (χ4v) is 4.28. The van der Waals surface area contributed by atoms with Crippen molar-refractivity contribution in [2.75, 3.05) is 0 Å². The molecule has 0 radical (unpaired) electrons. The number of fused-ring (bicyclic) bond motifs is 2. The van der Waals surface area contributed by atoms with Crippen molar-refractivity contribution in [3.8, 4) is 22.5 Å². The average molecular weight is 484 g/mol. The maximum atomic E-state index is 13.4. The van der Waals surface area contributed by atoms with Gasteiger partial charge in [0.25, 0.3) is 0 Å². The molecule has 0 aliphatic heterocycles. The predicted octanol–water partition coefficient (Wildman–Crippen LogP) is 7.35. The molecule has 0 N–H and O–H groups in total. The normalized spacial score (nSPS) is 11.4. The molecule has 0 amide bonds. The first kappa shape index (κ1) is 20.7. The minimum Gasteiger partial charge on any atom is -0.452 e. The summed E-state index contributed by atoms with van der Waals surface area (Å²) in [5, 5.41) is 6.55. The number of benzene rings is 3. The lowest BCUT2D eigenvalue weighted by Crippen LogP contribution is -2.02. The van der Waals surface area contributed by atoms with Crippen molar-refractivity contribution in [2.24, 2.45) is 0 Å². The second kappa shape index (κ2) is 8.13. The van der Waals surface area contributed by atoms with Crippen LogP contribution in [0, 0.1) is 0 Å². The van der Waals surface area contributed by atoms with Gasteiger partial charge in [0.05, 0.1) is 17.0 Å². The molecule has 34 heavy (non-hydrogen) atoms. The molecule has 0 saturated heterocycles. The van der Waals surface area contributed by atoms with Crippen LogP contribution in [-0.2, 0) is 0 Å². The lowest BCUT2D eigenvalue weighted by atomic mass is 10.0. The number of halogens is 2. The Hall–Kier alpha value is -3.93. The third-order valence-corrected chi connectivity index (χ3v) is 6.10. The van der Waals surface area contributed by atoms with Crippen molar-refractivity contribution in [3.63, 3.8) is 0 Å². The van der Waals surface area contributed by atoms with Crippen LogP contribution in [-0.4, -0.2) is 20.4 Å². The van der Waals surface area contributed by atoms with Gasteiger partial charge in [-0.15, -0.1) is 0 Å². The molecule has 0 spiro atoms. The molecule has 0 unspecified atom stereocenters. The molecule has 0 saturated carbocycles. The van der Waals surface area contributed by atoms with Gasteiger partial charge < -0.3 is 4.42 Å². The molecule has 3 aromatic heterocycles. The van der Waals surface area contributed by atoms with Crippen molar-refractivity contribution in [2.45, 2.75) is 0 Å². The van der Waals surface area contributed by atoms with Crippen LogP contribution in [0.15, 0.2) is 95.5 Å². The van der Waals surface area contributed by atoms with Crippen LogP contribution < -0.4 is 0 Å². The van der Waals surface area contributed by atoms with Gasteiger partial charge in [0, 0.05) is 38.8 Å². The SMILES string of the molecule is O=C(c1ccccc1)c1oc2ccc(Cl)cc2c1-c1ccn2nc(-c3ccc(Cl)cc3)cc2n1. The highest BCUT2D eigenvalue weighted by Gasteiger charge is 2.24. The van der Waals surface area contributed by atoms with Crippen LogP contribution >= 0.6 is 23.2 Å². The molecule has 0 aliphatic carbocycles. The Bertz CT molecular complexity index is 1690. The average Bonchev–Trinajstić information content (AvgIpc) is 3.45. The van der Waals surface area contributed by atoms with E-state index in [9.17, 15) is 4.79 Å².